The zero-order valence-electron chi connectivity index (χ0n) is 8.53. The molecule has 16 heavy (non-hydrogen) atoms. The summed E-state index contributed by atoms with van der Waals surface area (Å²) in [6.45, 7) is 0. The van der Waals surface area contributed by atoms with E-state index in [9.17, 15) is 14.0 Å². The molecule has 0 aliphatic carbocycles. The molecular formula is C11H9FO4. The van der Waals surface area contributed by atoms with Crippen LogP contribution in [-0.4, -0.2) is 25.0 Å². The summed E-state index contributed by atoms with van der Waals surface area (Å²) >= 11 is 0. The largest absolute Gasteiger partial charge is 0.477 e. The zero-order valence-corrected chi connectivity index (χ0v) is 8.53. The van der Waals surface area contributed by atoms with E-state index in [1.54, 1.807) is 0 Å². The second kappa shape index (κ2) is 3.92. The van der Waals surface area contributed by atoms with Gasteiger partial charge in [0.2, 0.25) is 6.10 Å². The molecule has 0 radical (unpaired) electrons. The Balaban J connectivity index is 2.33. The van der Waals surface area contributed by atoms with Crippen LogP contribution in [0.4, 0.5) is 4.39 Å². The number of carbonyl (C=O) groups excluding carboxylic acids is 2. The van der Waals surface area contributed by atoms with Gasteiger partial charge in [0.05, 0.1) is 19.1 Å². The summed E-state index contributed by atoms with van der Waals surface area (Å²) < 4.78 is 22.6. The van der Waals surface area contributed by atoms with E-state index in [-0.39, 0.29) is 23.5 Å². The lowest BCUT2D eigenvalue weighted by atomic mass is 10.0. The summed E-state index contributed by atoms with van der Waals surface area (Å²) in [7, 11) is 1.22. The van der Waals surface area contributed by atoms with Gasteiger partial charge in [0.1, 0.15) is 11.6 Å². The molecule has 0 saturated carbocycles. The maximum atomic E-state index is 12.9. The van der Waals surface area contributed by atoms with Gasteiger partial charge in [-0.1, -0.05) is 0 Å². The second-order valence-corrected chi connectivity index (χ2v) is 3.40. The van der Waals surface area contributed by atoms with Crippen LogP contribution in [0, 0.1) is 5.82 Å². The number of Topliss-reactive ketones (excluding diaryl/α,β-unsaturated/α-hetero) is 1. The van der Waals surface area contributed by atoms with Crippen molar-refractivity contribution in [2.45, 2.75) is 12.5 Å². The fourth-order valence-electron chi connectivity index (χ4n) is 1.56. The summed E-state index contributed by atoms with van der Waals surface area (Å²) in [5.74, 6) is -1.22. The summed E-state index contributed by atoms with van der Waals surface area (Å²) in [6, 6.07) is 3.61. The van der Waals surface area contributed by atoms with Crippen LogP contribution in [0.2, 0.25) is 0 Å². The van der Waals surface area contributed by atoms with Gasteiger partial charge in [0.15, 0.2) is 5.78 Å². The number of rotatable bonds is 1. The van der Waals surface area contributed by atoms with Crippen LogP contribution in [0.1, 0.15) is 16.8 Å². The highest BCUT2D eigenvalue weighted by atomic mass is 19.1. The van der Waals surface area contributed by atoms with Crippen LogP contribution in [0.25, 0.3) is 0 Å². The molecule has 0 fully saturated rings. The summed E-state index contributed by atoms with van der Waals surface area (Å²) in [4.78, 5) is 22.8. The normalized spacial score (nSPS) is 18.6. The van der Waals surface area contributed by atoms with Crippen molar-refractivity contribution in [3.8, 4) is 5.75 Å². The molecule has 5 heteroatoms. The minimum atomic E-state index is -0.935. The van der Waals surface area contributed by atoms with Gasteiger partial charge in [-0.05, 0) is 18.2 Å². The van der Waals surface area contributed by atoms with E-state index in [4.69, 9.17) is 4.74 Å². The number of benzene rings is 1. The van der Waals surface area contributed by atoms with Crippen LogP contribution in [0.3, 0.4) is 0 Å². The van der Waals surface area contributed by atoms with Crippen molar-refractivity contribution in [3.63, 3.8) is 0 Å². The predicted octanol–water partition coefficient (Wildman–Crippen LogP) is 1.33. The standard InChI is InChI=1S/C11H9FO4/c1-15-11(14)10-5-8(13)7-4-6(12)2-3-9(7)16-10/h2-4,10H,5H2,1H3/t10-/m0/s1. The number of hydrogen-bond donors (Lipinski definition) is 0. The molecule has 1 aromatic rings. The van der Waals surface area contributed by atoms with E-state index in [1.165, 1.54) is 19.2 Å². The van der Waals surface area contributed by atoms with Crippen molar-refractivity contribution in [2.24, 2.45) is 0 Å². The van der Waals surface area contributed by atoms with Crippen molar-refractivity contribution in [1.82, 2.24) is 0 Å². The highest BCUT2D eigenvalue weighted by Crippen LogP contribution is 2.28. The summed E-state index contributed by atoms with van der Waals surface area (Å²) in [5, 5.41) is 0. The fraction of sp³-hybridized carbons (Fsp3) is 0.273. The molecule has 1 aliphatic rings. The Morgan fingerprint density at radius 1 is 1.56 bits per heavy atom. The minimum Gasteiger partial charge on any atom is -0.477 e. The number of carbonyl (C=O) groups is 2. The first-order valence-corrected chi connectivity index (χ1v) is 4.69. The van der Waals surface area contributed by atoms with Crippen LogP contribution < -0.4 is 4.74 Å². The Labute approximate surface area is 91.0 Å². The molecule has 4 nitrogen and oxygen atoms in total. The molecule has 1 atom stereocenters. The van der Waals surface area contributed by atoms with Crippen molar-refractivity contribution in [3.05, 3.63) is 29.6 Å². The van der Waals surface area contributed by atoms with Gasteiger partial charge in [0.25, 0.3) is 0 Å². The quantitative estimate of drug-likeness (QED) is 0.675. The first kappa shape index (κ1) is 10.6. The van der Waals surface area contributed by atoms with Crippen LogP contribution in [0.5, 0.6) is 5.75 Å². The number of fused-ring (bicyclic) bond motifs is 1. The van der Waals surface area contributed by atoms with E-state index in [0.29, 0.717) is 0 Å². The first-order chi connectivity index (χ1) is 7.61. The lowest BCUT2D eigenvalue weighted by Crippen LogP contribution is -2.35. The van der Waals surface area contributed by atoms with Gasteiger partial charge in [-0.15, -0.1) is 0 Å². The van der Waals surface area contributed by atoms with Gasteiger partial charge in [-0.25, -0.2) is 9.18 Å². The smallest absolute Gasteiger partial charge is 0.347 e. The first-order valence-electron chi connectivity index (χ1n) is 4.69. The van der Waals surface area contributed by atoms with E-state index in [0.717, 1.165) is 6.07 Å². The number of ketones is 1. The van der Waals surface area contributed by atoms with E-state index >= 15 is 0 Å². The molecule has 1 aromatic carbocycles. The number of methoxy groups -OCH3 is 1. The van der Waals surface area contributed by atoms with Gasteiger partial charge >= 0.3 is 5.97 Å². The van der Waals surface area contributed by atoms with Crippen molar-refractivity contribution in [2.75, 3.05) is 7.11 Å². The molecule has 0 unspecified atom stereocenters. The Morgan fingerprint density at radius 3 is 3.00 bits per heavy atom. The molecule has 0 bridgehead atoms. The number of esters is 1. The average molecular weight is 224 g/mol. The van der Waals surface area contributed by atoms with Crippen LogP contribution in [0.15, 0.2) is 18.2 Å². The number of hydrogen-bond acceptors (Lipinski definition) is 4. The molecule has 0 N–H and O–H groups in total. The number of halogens is 1. The molecule has 0 spiro atoms. The molecule has 84 valence electrons. The van der Waals surface area contributed by atoms with E-state index in [1.807, 2.05) is 0 Å². The second-order valence-electron chi connectivity index (χ2n) is 3.40. The molecule has 0 saturated heterocycles. The average Bonchev–Trinajstić information content (AvgIpc) is 2.28. The van der Waals surface area contributed by atoms with Crippen LogP contribution in [-0.2, 0) is 9.53 Å². The predicted molar refractivity (Wildman–Crippen MR) is 51.8 cm³/mol. The van der Waals surface area contributed by atoms with Gasteiger partial charge in [0, 0.05) is 0 Å². The molecule has 0 amide bonds. The third kappa shape index (κ3) is 1.76. The van der Waals surface area contributed by atoms with Crippen LogP contribution >= 0.6 is 0 Å². The maximum Gasteiger partial charge on any atom is 0.347 e. The molecular weight excluding hydrogens is 215 g/mol. The lowest BCUT2D eigenvalue weighted by Gasteiger charge is -2.22. The van der Waals surface area contributed by atoms with Crippen molar-refractivity contribution >= 4 is 11.8 Å². The van der Waals surface area contributed by atoms with Gasteiger partial charge in [-0.3, -0.25) is 4.79 Å². The molecule has 2 rings (SSSR count). The third-order valence-electron chi connectivity index (χ3n) is 2.35. The molecule has 1 aliphatic heterocycles. The maximum absolute atomic E-state index is 12.9. The molecule has 0 aromatic heterocycles. The van der Waals surface area contributed by atoms with E-state index < -0.39 is 17.9 Å². The molecule has 1 heterocycles. The lowest BCUT2D eigenvalue weighted by molar-refractivity contribution is -0.148. The SMILES string of the molecule is COC(=O)[C@@H]1CC(=O)c2cc(F)ccc2O1. The highest BCUT2D eigenvalue weighted by molar-refractivity contribution is 6.02. The summed E-state index contributed by atoms with van der Waals surface area (Å²) in [5.41, 5.74) is 0.167. The van der Waals surface area contributed by atoms with Gasteiger partial charge in [-0.2, -0.15) is 0 Å². The Bertz CT molecular complexity index is 455. The Kier molecular flexibility index (Phi) is 2.60. The van der Waals surface area contributed by atoms with E-state index in [2.05, 4.69) is 4.74 Å². The Hall–Kier alpha value is -1.91. The third-order valence-corrected chi connectivity index (χ3v) is 2.35. The fourth-order valence-corrected chi connectivity index (χ4v) is 1.56. The zero-order chi connectivity index (χ0) is 11.7. The number of ether oxygens (including phenoxy) is 2. The summed E-state index contributed by atoms with van der Waals surface area (Å²) in [6.07, 6.45) is -1.06. The topological polar surface area (TPSA) is 52.6 Å². The van der Waals surface area contributed by atoms with Crippen molar-refractivity contribution < 1.29 is 23.5 Å². The van der Waals surface area contributed by atoms with Crippen molar-refractivity contribution in [1.29, 1.82) is 0 Å². The van der Waals surface area contributed by atoms with Gasteiger partial charge < -0.3 is 9.47 Å². The minimum absolute atomic E-state index is 0.122. The highest BCUT2D eigenvalue weighted by Gasteiger charge is 2.32. The monoisotopic (exact) mass is 224 g/mol. The Morgan fingerprint density at radius 2 is 2.31 bits per heavy atom.